The van der Waals surface area contributed by atoms with Crippen LogP contribution < -0.4 is 9.64 Å². The second-order valence-electron chi connectivity index (χ2n) is 3.81. The molecule has 0 N–H and O–H groups in total. The standard InChI is InChI=1S/C12H8N4O2S/c1-18-8-4-2-7(3-5-8)16-11(17)9-6-13-15-10(9)14-12(16)19/h2-6H,1H3. The van der Waals surface area contributed by atoms with Gasteiger partial charge in [-0.2, -0.15) is 10.1 Å². The van der Waals surface area contributed by atoms with Gasteiger partial charge in [0.15, 0.2) is 5.84 Å². The third-order valence-corrected chi connectivity index (χ3v) is 3.01. The number of amides is 1. The SMILES string of the molecule is COc1ccc(N2C(=O)C3=CN=NC3=NC2=S)cc1. The topological polar surface area (TPSA) is 66.6 Å². The lowest BCUT2D eigenvalue weighted by Crippen LogP contribution is -2.41. The Morgan fingerprint density at radius 1 is 1.26 bits per heavy atom. The van der Waals surface area contributed by atoms with Crippen LogP contribution in [0, 0.1) is 0 Å². The first-order chi connectivity index (χ1) is 9.20. The fraction of sp³-hybridized carbons (Fsp3) is 0.0833. The molecule has 0 bridgehead atoms. The highest BCUT2D eigenvalue weighted by atomic mass is 32.1. The molecule has 1 aromatic carbocycles. The van der Waals surface area contributed by atoms with Crippen LogP contribution in [-0.4, -0.2) is 24.0 Å². The first-order valence-corrected chi connectivity index (χ1v) is 5.84. The molecule has 2 aliphatic heterocycles. The van der Waals surface area contributed by atoms with Crippen LogP contribution >= 0.6 is 12.2 Å². The van der Waals surface area contributed by atoms with Crippen molar-refractivity contribution in [2.24, 2.45) is 15.2 Å². The number of amidine groups is 1. The van der Waals surface area contributed by atoms with E-state index in [2.05, 4.69) is 15.2 Å². The van der Waals surface area contributed by atoms with Gasteiger partial charge in [0.05, 0.1) is 19.0 Å². The molecule has 0 fully saturated rings. The molecule has 0 saturated carbocycles. The van der Waals surface area contributed by atoms with Crippen molar-refractivity contribution < 1.29 is 9.53 Å². The Kier molecular flexibility index (Phi) is 2.68. The fourth-order valence-corrected chi connectivity index (χ4v) is 2.07. The summed E-state index contributed by atoms with van der Waals surface area (Å²) in [4.78, 5) is 17.7. The minimum Gasteiger partial charge on any atom is -0.497 e. The van der Waals surface area contributed by atoms with Gasteiger partial charge in [0, 0.05) is 0 Å². The highest BCUT2D eigenvalue weighted by Crippen LogP contribution is 2.26. The summed E-state index contributed by atoms with van der Waals surface area (Å²) in [6.45, 7) is 0. The number of rotatable bonds is 2. The van der Waals surface area contributed by atoms with Gasteiger partial charge in [-0.05, 0) is 36.5 Å². The molecule has 0 unspecified atom stereocenters. The van der Waals surface area contributed by atoms with E-state index in [1.165, 1.54) is 11.1 Å². The molecule has 0 aliphatic carbocycles. The number of azo groups is 1. The van der Waals surface area contributed by atoms with Crippen LogP contribution in [-0.2, 0) is 4.79 Å². The summed E-state index contributed by atoms with van der Waals surface area (Å²) in [6, 6.07) is 6.99. The molecule has 6 nitrogen and oxygen atoms in total. The second kappa shape index (κ2) is 4.36. The first kappa shape index (κ1) is 11.7. The quantitative estimate of drug-likeness (QED) is 0.774. The maximum atomic E-state index is 12.3. The van der Waals surface area contributed by atoms with E-state index in [4.69, 9.17) is 17.0 Å². The Hall–Kier alpha value is -2.41. The van der Waals surface area contributed by atoms with E-state index in [9.17, 15) is 4.79 Å². The van der Waals surface area contributed by atoms with Gasteiger partial charge in [-0.15, -0.1) is 5.11 Å². The van der Waals surface area contributed by atoms with Crippen molar-refractivity contribution in [3.05, 3.63) is 36.0 Å². The summed E-state index contributed by atoms with van der Waals surface area (Å²) in [5, 5.41) is 7.57. The van der Waals surface area contributed by atoms with Crippen LogP contribution in [0.25, 0.3) is 0 Å². The Morgan fingerprint density at radius 2 is 2.00 bits per heavy atom. The molecule has 3 rings (SSSR count). The number of hydrogen-bond donors (Lipinski definition) is 0. The number of methoxy groups -OCH3 is 1. The minimum atomic E-state index is -0.273. The average molecular weight is 272 g/mol. The van der Waals surface area contributed by atoms with Crippen molar-refractivity contribution in [2.45, 2.75) is 0 Å². The van der Waals surface area contributed by atoms with Crippen LogP contribution in [0.3, 0.4) is 0 Å². The summed E-state index contributed by atoms with van der Waals surface area (Å²) in [5.74, 6) is 0.707. The average Bonchev–Trinajstić information content (AvgIpc) is 2.88. The van der Waals surface area contributed by atoms with Crippen LogP contribution in [0.5, 0.6) is 5.75 Å². The zero-order valence-corrected chi connectivity index (χ0v) is 10.7. The van der Waals surface area contributed by atoms with Crippen molar-refractivity contribution in [1.29, 1.82) is 0 Å². The molecule has 1 aromatic rings. The zero-order valence-electron chi connectivity index (χ0n) is 9.90. The van der Waals surface area contributed by atoms with Crippen molar-refractivity contribution >= 4 is 34.8 Å². The Bertz CT molecular complexity index is 661. The van der Waals surface area contributed by atoms with E-state index in [1.807, 2.05) is 0 Å². The summed E-state index contributed by atoms with van der Waals surface area (Å²) < 4.78 is 5.07. The van der Waals surface area contributed by atoms with Gasteiger partial charge in [0.2, 0.25) is 5.11 Å². The molecule has 2 aliphatic rings. The number of carbonyl (C=O) groups excluding carboxylic acids is 1. The third-order valence-electron chi connectivity index (χ3n) is 2.74. The van der Waals surface area contributed by atoms with Crippen molar-refractivity contribution in [3.8, 4) is 5.75 Å². The van der Waals surface area contributed by atoms with E-state index in [0.29, 0.717) is 17.0 Å². The van der Waals surface area contributed by atoms with Crippen molar-refractivity contribution in [3.63, 3.8) is 0 Å². The normalized spacial score (nSPS) is 17.2. The summed E-state index contributed by atoms with van der Waals surface area (Å²) in [5.41, 5.74) is 0.982. The number of nitrogens with zero attached hydrogens (tertiary/aromatic N) is 4. The van der Waals surface area contributed by atoms with Gasteiger partial charge in [0.1, 0.15) is 11.3 Å². The number of ether oxygens (including phenoxy) is 1. The van der Waals surface area contributed by atoms with Gasteiger partial charge < -0.3 is 4.74 Å². The first-order valence-electron chi connectivity index (χ1n) is 5.43. The number of hydrogen-bond acceptors (Lipinski definition) is 5. The van der Waals surface area contributed by atoms with E-state index < -0.39 is 0 Å². The molecule has 1 amide bonds. The summed E-state index contributed by atoms with van der Waals surface area (Å²) >= 11 is 5.13. The van der Waals surface area contributed by atoms with Gasteiger partial charge in [-0.25, -0.2) is 0 Å². The maximum absolute atomic E-state index is 12.3. The molecule has 0 radical (unpaired) electrons. The number of benzene rings is 1. The third kappa shape index (κ3) is 1.84. The fourth-order valence-electron chi connectivity index (χ4n) is 1.79. The van der Waals surface area contributed by atoms with E-state index in [1.54, 1.807) is 31.4 Å². The second-order valence-corrected chi connectivity index (χ2v) is 4.18. The smallest absolute Gasteiger partial charge is 0.270 e. The monoisotopic (exact) mass is 272 g/mol. The van der Waals surface area contributed by atoms with Crippen molar-refractivity contribution in [1.82, 2.24) is 0 Å². The lowest BCUT2D eigenvalue weighted by molar-refractivity contribution is -0.113. The molecule has 94 valence electrons. The molecular weight excluding hydrogens is 264 g/mol. The largest absolute Gasteiger partial charge is 0.497 e. The minimum absolute atomic E-state index is 0.156. The van der Waals surface area contributed by atoms with Gasteiger partial charge >= 0.3 is 0 Å². The Balaban J connectivity index is 2.01. The molecule has 7 heteroatoms. The van der Waals surface area contributed by atoms with Gasteiger partial charge in [-0.3, -0.25) is 9.69 Å². The number of anilines is 1. The predicted octanol–water partition coefficient (Wildman–Crippen LogP) is 2.07. The lowest BCUT2D eigenvalue weighted by atomic mass is 10.2. The molecule has 0 atom stereocenters. The maximum Gasteiger partial charge on any atom is 0.270 e. The van der Waals surface area contributed by atoms with Crippen LogP contribution in [0.2, 0.25) is 0 Å². The molecular formula is C12H8N4O2S. The molecule has 0 aromatic heterocycles. The van der Waals surface area contributed by atoms with Gasteiger partial charge in [-0.1, -0.05) is 0 Å². The summed E-state index contributed by atoms with van der Waals surface area (Å²) in [7, 11) is 1.58. The summed E-state index contributed by atoms with van der Waals surface area (Å²) in [6.07, 6.45) is 1.39. The number of thiocarbonyl (C=S) groups is 1. The number of carbonyl (C=O) groups is 1. The predicted molar refractivity (Wildman–Crippen MR) is 73.5 cm³/mol. The van der Waals surface area contributed by atoms with Crippen LogP contribution in [0.15, 0.2) is 51.3 Å². The zero-order chi connectivity index (χ0) is 13.4. The molecule has 0 saturated heterocycles. The lowest BCUT2D eigenvalue weighted by Gasteiger charge is -2.24. The number of aliphatic imine (C=N–C) groups is 1. The van der Waals surface area contributed by atoms with E-state index in [-0.39, 0.29) is 16.9 Å². The number of fused-ring (bicyclic) bond motifs is 1. The highest BCUT2D eigenvalue weighted by Gasteiger charge is 2.33. The van der Waals surface area contributed by atoms with Gasteiger partial charge in [0.25, 0.3) is 5.91 Å². The molecule has 2 heterocycles. The van der Waals surface area contributed by atoms with Crippen LogP contribution in [0.1, 0.15) is 0 Å². The van der Waals surface area contributed by atoms with E-state index in [0.717, 1.165) is 0 Å². The van der Waals surface area contributed by atoms with E-state index >= 15 is 0 Å². The molecule has 19 heavy (non-hydrogen) atoms. The Labute approximate surface area is 114 Å². The Morgan fingerprint density at radius 3 is 2.68 bits per heavy atom. The molecule has 0 spiro atoms. The van der Waals surface area contributed by atoms with Crippen molar-refractivity contribution in [2.75, 3.05) is 12.0 Å². The highest BCUT2D eigenvalue weighted by molar-refractivity contribution is 7.80. The van der Waals surface area contributed by atoms with Crippen LogP contribution in [0.4, 0.5) is 5.69 Å².